The highest BCUT2D eigenvalue weighted by atomic mass is 19.2. The molecule has 0 radical (unpaired) electrons. The van der Waals surface area contributed by atoms with Gasteiger partial charge in [0, 0.05) is 6.42 Å². The summed E-state index contributed by atoms with van der Waals surface area (Å²) in [6.07, 6.45) is 3.06. The molecule has 1 atom stereocenters. The monoisotopic (exact) mass is 130 g/mol. The number of halogens is 2. The third kappa shape index (κ3) is 1.37. The molecule has 0 N–H and O–H groups in total. The van der Waals surface area contributed by atoms with Gasteiger partial charge in [0.2, 0.25) is 0 Å². The van der Waals surface area contributed by atoms with Crippen molar-refractivity contribution in [3.05, 3.63) is 23.8 Å². The average Bonchev–Trinajstić information content (AvgIpc) is 1.80. The van der Waals surface area contributed by atoms with E-state index >= 15 is 0 Å². The van der Waals surface area contributed by atoms with Crippen molar-refractivity contribution in [3.8, 4) is 0 Å². The topological polar surface area (TPSA) is 0 Å². The number of allylic oxidation sites excluding steroid dienone is 4. The van der Waals surface area contributed by atoms with E-state index in [4.69, 9.17) is 0 Å². The molecule has 1 aliphatic carbocycles. The van der Waals surface area contributed by atoms with Crippen molar-refractivity contribution < 1.29 is 8.78 Å². The highest BCUT2D eigenvalue weighted by Gasteiger charge is 2.11. The van der Waals surface area contributed by atoms with E-state index in [0.717, 1.165) is 0 Å². The predicted octanol–water partition coefficient (Wildman–Crippen LogP) is 2.73. The molecule has 0 amide bonds. The summed E-state index contributed by atoms with van der Waals surface area (Å²) in [6.45, 7) is 1.85. The Labute approximate surface area is 52.9 Å². The highest BCUT2D eigenvalue weighted by Crippen LogP contribution is 2.24. The summed E-state index contributed by atoms with van der Waals surface area (Å²) in [6, 6.07) is 0. The Bertz CT molecular complexity index is 168. The molecule has 0 saturated heterocycles. The van der Waals surface area contributed by atoms with Crippen LogP contribution in [0.15, 0.2) is 23.8 Å². The largest absolute Gasteiger partial charge is 0.209 e. The van der Waals surface area contributed by atoms with Crippen molar-refractivity contribution in [2.24, 2.45) is 5.92 Å². The van der Waals surface area contributed by atoms with Gasteiger partial charge in [0.1, 0.15) is 5.83 Å². The van der Waals surface area contributed by atoms with Gasteiger partial charge in [0.25, 0.3) is 0 Å². The molecular formula is C7H8F2. The van der Waals surface area contributed by atoms with Crippen molar-refractivity contribution >= 4 is 0 Å². The minimum absolute atomic E-state index is 0.143. The van der Waals surface area contributed by atoms with Gasteiger partial charge in [0.15, 0.2) is 5.83 Å². The average molecular weight is 130 g/mol. The maximum Gasteiger partial charge on any atom is 0.154 e. The molecule has 9 heavy (non-hydrogen) atoms. The lowest BCUT2D eigenvalue weighted by Crippen LogP contribution is -1.95. The van der Waals surface area contributed by atoms with Crippen LogP contribution in [0.1, 0.15) is 13.3 Å². The van der Waals surface area contributed by atoms with E-state index in [-0.39, 0.29) is 12.3 Å². The zero-order valence-corrected chi connectivity index (χ0v) is 5.20. The molecule has 0 unspecified atom stereocenters. The van der Waals surface area contributed by atoms with Crippen LogP contribution in [0.3, 0.4) is 0 Å². The van der Waals surface area contributed by atoms with Crippen molar-refractivity contribution in [2.45, 2.75) is 13.3 Å². The Morgan fingerprint density at radius 1 is 1.56 bits per heavy atom. The van der Waals surface area contributed by atoms with Crippen LogP contribution in [0.5, 0.6) is 0 Å². The second kappa shape index (κ2) is 2.29. The molecule has 0 heterocycles. The third-order valence-corrected chi connectivity index (χ3v) is 1.33. The highest BCUT2D eigenvalue weighted by molar-refractivity contribution is 5.20. The van der Waals surface area contributed by atoms with E-state index in [0.29, 0.717) is 0 Å². The zero-order valence-electron chi connectivity index (χ0n) is 5.20. The van der Waals surface area contributed by atoms with E-state index < -0.39 is 11.7 Å². The number of hydrogen-bond acceptors (Lipinski definition) is 0. The first kappa shape index (κ1) is 6.46. The van der Waals surface area contributed by atoms with E-state index in [1.54, 1.807) is 6.08 Å². The fraction of sp³-hybridized carbons (Fsp3) is 0.429. The van der Waals surface area contributed by atoms with Crippen LogP contribution in [-0.4, -0.2) is 0 Å². The fourth-order valence-corrected chi connectivity index (χ4v) is 0.787. The van der Waals surface area contributed by atoms with E-state index in [2.05, 4.69) is 0 Å². The van der Waals surface area contributed by atoms with Crippen molar-refractivity contribution in [1.82, 2.24) is 0 Å². The standard InChI is InChI=1S/C7H8F2/c1-5-2-3-6(8)7(9)4-5/h2-3,5H,4H2,1H3/t5-/m1/s1. The first-order valence-electron chi connectivity index (χ1n) is 2.92. The molecule has 1 aliphatic rings. The van der Waals surface area contributed by atoms with Gasteiger partial charge in [0.05, 0.1) is 0 Å². The van der Waals surface area contributed by atoms with Gasteiger partial charge >= 0.3 is 0 Å². The summed E-state index contributed by atoms with van der Waals surface area (Å²) in [7, 11) is 0. The second-order valence-electron chi connectivity index (χ2n) is 2.29. The summed E-state index contributed by atoms with van der Waals surface area (Å²) >= 11 is 0. The Hall–Kier alpha value is -0.660. The Morgan fingerprint density at radius 2 is 2.22 bits per heavy atom. The lowest BCUT2D eigenvalue weighted by atomic mass is 10.0. The number of hydrogen-bond donors (Lipinski definition) is 0. The van der Waals surface area contributed by atoms with Gasteiger partial charge in [-0.25, -0.2) is 8.78 Å². The summed E-state index contributed by atoms with van der Waals surface area (Å²) in [5.41, 5.74) is 0. The van der Waals surface area contributed by atoms with Crippen molar-refractivity contribution in [1.29, 1.82) is 0 Å². The summed E-state index contributed by atoms with van der Waals surface area (Å²) in [5.74, 6) is -1.19. The third-order valence-electron chi connectivity index (χ3n) is 1.33. The molecule has 0 spiro atoms. The van der Waals surface area contributed by atoms with Gasteiger partial charge in [-0.3, -0.25) is 0 Å². The minimum Gasteiger partial charge on any atom is -0.209 e. The molecule has 0 saturated carbocycles. The zero-order chi connectivity index (χ0) is 6.85. The van der Waals surface area contributed by atoms with Crippen LogP contribution in [0.25, 0.3) is 0 Å². The first-order chi connectivity index (χ1) is 4.20. The Kier molecular flexibility index (Phi) is 1.65. The maximum absolute atomic E-state index is 12.3. The molecule has 2 heteroatoms. The minimum atomic E-state index is -0.715. The van der Waals surface area contributed by atoms with Crippen LogP contribution in [-0.2, 0) is 0 Å². The quantitative estimate of drug-likeness (QED) is 0.473. The van der Waals surface area contributed by atoms with E-state index in [9.17, 15) is 8.78 Å². The molecule has 0 nitrogen and oxygen atoms in total. The van der Waals surface area contributed by atoms with Crippen LogP contribution in [0.2, 0.25) is 0 Å². The first-order valence-corrected chi connectivity index (χ1v) is 2.92. The molecular weight excluding hydrogens is 122 g/mol. The molecule has 0 fully saturated rings. The molecule has 0 aromatic carbocycles. The van der Waals surface area contributed by atoms with E-state index in [1.807, 2.05) is 6.92 Å². The molecule has 0 aromatic heterocycles. The summed E-state index contributed by atoms with van der Waals surface area (Å²) in [4.78, 5) is 0. The summed E-state index contributed by atoms with van der Waals surface area (Å²) < 4.78 is 24.4. The van der Waals surface area contributed by atoms with Gasteiger partial charge in [-0.2, -0.15) is 0 Å². The molecule has 0 aliphatic heterocycles. The smallest absolute Gasteiger partial charge is 0.154 e. The molecule has 0 aromatic rings. The maximum atomic E-state index is 12.3. The predicted molar refractivity (Wildman–Crippen MR) is 32.2 cm³/mol. The van der Waals surface area contributed by atoms with Crippen molar-refractivity contribution in [2.75, 3.05) is 0 Å². The van der Waals surface area contributed by atoms with E-state index in [1.165, 1.54) is 6.08 Å². The molecule has 50 valence electrons. The normalized spacial score (nSPS) is 27.2. The second-order valence-corrected chi connectivity index (χ2v) is 2.29. The van der Waals surface area contributed by atoms with Crippen LogP contribution < -0.4 is 0 Å². The Morgan fingerprint density at radius 3 is 2.67 bits per heavy atom. The molecule has 0 bridgehead atoms. The SMILES string of the molecule is C[C@@H]1C=CC(F)=C(F)C1. The lowest BCUT2D eigenvalue weighted by Gasteiger charge is -2.08. The van der Waals surface area contributed by atoms with Gasteiger partial charge in [-0.1, -0.05) is 13.0 Å². The summed E-state index contributed by atoms with van der Waals surface area (Å²) in [5, 5.41) is 0. The van der Waals surface area contributed by atoms with Gasteiger partial charge in [-0.15, -0.1) is 0 Å². The van der Waals surface area contributed by atoms with Gasteiger partial charge < -0.3 is 0 Å². The van der Waals surface area contributed by atoms with Crippen LogP contribution >= 0.6 is 0 Å². The Balaban J connectivity index is 2.75. The van der Waals surface area contributed by atoms with Crippen molar-refractivity contribution in [3.63, 3.8) is 0 Å². The van der Waals surface area contributed by atoms with Crippen LogP contribution in [0, 0.1) is 5.92 Å². The number of rotatable bonds is 0. The fourth-order valence-electron chi connectivity index (χ4n) is 0.787. The molecule has 1 rings (SSSR count). The van der Waals surface area contributed by atoms with Crippen LogP contribution in [0.4, 0.5) is 8.78 Å². The lowest BCUT2D eigenvalue weighted by molar-refractivity contribution is 0.480. The van der Waals surface area contributed by atoms with Gasteiger partial charge in [-0.05, 0) is 12.0 Å².